The van der Waals surface area contributed by atoms with Gasteiger partial charge in [-0.15, -0.1) is 0 Å². The SMILES string of the molecule is CCOc1ccc(NCc2ccc(OC)c(O)c2)cc1Cl. The van der Waals surface area contributed by atoms with E-state index in [-0.39, 0.29) is 5.75 Å². The van der Waals surface area contributed by atoms with Crippen LogP contribution in [0.2, 0.25) is 5.02 Å². The van der Waals surface area contributed by atoms with E-state index in [1.165, 1.54) is 7.11 Å². The summed E-state index contributed by atoms with van der Waals surface area (Å²) in [5.74, 6) is 1.26. The van der Waals surface area contributed by atoms with Crippen molar-refractivity contribution in [2.45, 2.75) is 13.5 Å². The highest BCUT2D eigenvalue weighted by Gasteiger charge is 2.04. The van der Waals surface area contributed by atoms with Gasteiger partial charge in [0.05, 0.1) is 18.7 Å². The van der Waals surface area contributed by atoms with Crippen molar-refractivity contribution >= 4 is 17.3 Å². The molecule has 2 rings (SSSR count). The molecule has 112 valence electrons. The molecule has 0 saturated heterocycles. The first-order valence-electron chi connectivity index (χ1n) is 6.66. The lowest BCUT2D eigenvalue weighted by Gasteiger charge is -2.11. The molecule has 4 nitrogen and oxygen atoms in total. The molecular weight excluding hydrogens is 290 g/mol. The van der Waals surface area contributed by atoms with Crippen LogP contribution in [0.3, 0.4) is 0 Å². The van der Waals surface area contributed by atoms with Crippen LogP contribution >= 0.6 is 11.6 Å². The maximum atomic E-state index is 9.74. The second-order valence-electron chi connectivity index (χ2n) is 4.44. The maximum Gasteiger partial charge on any atom is 0.160 e. The summed E-state index contributed by atoms with van der Waals surface area (Å²) in [6.45, 7) is 3.07. The minimum absolute atomic E-state index is 0.126. The molecule has 0 amide bonds. The zero-order chi connectivity index (χ0) is 15.2. The lowest BCUT2D eigenvalue weighted by Crippen LogP contribution is -2.00. The molecule has 0 spiro atoms. The molecule has 0 heterocycles. The summed E-state index contributed by atoms with van der Waals surface area (Å²) in [5, 5.41) is 13.6. The molecule has 5 heteroatoms. The number of methoxy groups -OCH3 is 1. The summed E-state index contributed by atoms with van der Waals surface area (Å²) >= 11 is 6.13. The van der Waals surface area contributed by atoms with Crippen LogP contribution in [0.15, 0.2) is 36.4 Å². The summed E-state index contributed by atoms with van der Waals surface area (Å²) in [4.78, 5) is 0. The van der Waals surface area contributed by atoms with Crippen molar-refractivity contribution in [3.05, 3.63) is 47.0 Å². The Bertz CT molecular complexity index is 616. The van der Waals surface area contributed by atoms with E-state index >= 15 is 0 Å². The monoisotopic (exact) mass is 307 g/mol. The number of benzene rings is 2. The largest absolute Gasteiger partial charge is 0.504 e. The average Bonchev–Trinajstić information content (AvgIpc) is 2.48. The normalized spacial score (nSPS) is 10.2. The fourth-order valence-electron chi connectivity index (χ4n) is 1.93. The molecule has 0 saturated carbocycles. The van der Waals surface area contributed by atoms with Gasteiger partial charge in [0, 0.05) is 12.2 Å². The molecular formula is C16H18ClNO3. The van der Waals surface area contributed by atoms with E-state index in [2.05, 4.69) is 5.32 Å². The van der Waals surface area contributed by atoms with Gasteiger partial charge in [0.2, 0.25) is 0 Å². The number of aromatic hydroxyl groups is 1. The van der Waals surface area contributed by atoms with Gasteiger partial charge in [-0.2, -0.15) is 0 Å². The van der Waals surface area contributed by atoms with Gasteiger partial charge in [-0.3, -0.25) is 0 Å². The van der Waals surface area contributed by atoms with Crippen molar-refractivity contribution in [3.8, 4) is 17.2 Å². The van der Waals surface area contributed by atoms with Gasteiger partial charge >= 0.3 is 0 Å². The van der Waals surface area contributed by atoms with Crippen molar-refractivity contribution in [1.82, 2.24) is 0 Å². The third-order valence-electron chi connectivity index (χ3n) is 2.97. The van der Waals surface area contributed by atoms with Gasteiger partial charge < -0.3 is 19.9 Å². The van der Waals surface area contributed by atoms with E-state index in [0.29, 0.717) is 29.7 Å². The minimum Gasteiger partial charge on any atom is -0.504 e. The number of phenols is 1. The summed E-state index contributed by atoms with van der Waals surface area (Å²) in [6, 6.07) is 10.8. The van der Waals surface area contributed by atoms with Gasteiger partial charge in [-0.25, -0.2) is 0 Å². The zero-order valence-electron chi connectivity index (χ0n) is 12.0. The molecule has 0 aromatic heterocycles. The quantitative estimate of drug-likeness (QED) is 0.845. The molecule has 2 N–H and O–H groups in total. The Morgan fingerprint density at radius 3 is 2.52 bits per heavy atom. The van der Waals surface area contributed by atoms with Crippen molar-refractivity contribution in [2.24, 2.45) is 0 Å². The van der Waals surface area contributed by atoms with Crippen LogP contribution in [-0.4, -0.2) is 18.8 Å². The fraction of sp³-hybridized carbons (Fsp3) is 0.250. The number of halogens is 1. The molecule has 0 aliphatic carbocycles. The summed E-state index contributed by atoms with van der Waals surface area (Å²) in [6.07, 6.45) is 0. The molecule has 0 bridgehead atoms. The predicted octanol–water partition coefficient (Wildman–Crippen LogP) is 4.07. The van der Waals surface area contributed by atoms with Gasteiger partial charge in [-0.1, -0.05) is 17.7 Å². The highest BCUT2D eigenvalue weighted by molar-refractivity contribution is 6.32. The summed E-state index contributed by atoms with van der Waals surface area (Å²) in [7, 11) is 1.52. The van der Waals surface area contributed by atoms with Crippen LogP contribution in [-0.2, 0) is 6.54 Å². The molecule has 0 aliphatic heterocycles. The first-order chi connectivity index (χ1) is 10.1. The van der Waals surface area contributed by atoms with E-state index in [0.717, 1.165) is 11.3 Å². The number of rotatable bonds is 6. The van der Waals surface area contributed by atoms with Crippen LogP contribution < -0.4 is 14.8 Å². The van der Waals surface area contributed by atoms with Gasteiger partial charge in [0.1, 0.15) is 5.75 Å². The minimum atomic E-state index is 0.126. The fourth-order valence-corrected chi connectivity index (χ4v) is 2.17. The number of hydrogen-bond donors (Lipinski definition) is 2. The first-order valence-corrected chi connectivity index (χ1v) is 7.04. The van der Waals surface area contributed by atoms with Gasteiger partial charge in [-0.05, 0) is 42.8 Å². The molecule has 21 heavy (non-hydrogen) atoms. The van der Waals surface area contributed by atoms with E-state index in [9.17, 15) is 5.11 Å². The van der Waals surface area contributed by atoms with E-state index in [1.54, 1.807) is 12.1 Å². The predicted molar refractivity (Wildman–Crippen MR) is 84.6 cm³/mol. The molecule has 0 aliphatic rings. The third-order valence-corrected chi connectivity index (χ3v) is 3.27. The molecule has 0 unspecified atom stereocenters. The van der Waals surface area contributed by atoms with Crippen molar-refractivity contribution in [1.29, 1.82) is 0 Å². The first kappa shape index (κ1) is 15.3. The lowest BCUT2D eigenvalue weighted by molar-refractivity contribution is 0.340. The summed E-state index contributed by atoms with van der Waals surface area (Å²) < 4.78 is 10.4. The molecule has 0 atom stereocenters. The molecule has 2 aromatic carbocycles. The Kier molecular flexibility index (Phi) is 5.17. The molecule has 0 fully saturated rings. The van der Waals surface area contributed by atoms with E-state index in [4.69, 9.17) is 21.1 Å². The standard InChI is InChI=1S/C16H18ClNO3/c1-3-21-15-7-5-12(9-13(15)17)18-10-11-4-6-16(20-2)14(19)8-11/h4-9,18-19H,3,10H2,1-2H3. The maximum absolute atomic E-state index is 9.74. The van der Waals surface area contributed by atoms with Crippen molar-refractivity contribution in [2.75, 3.05) is 19.0 Å². The Morgan fingerprint density at radius 2 is 1.90 bits per heavy atom. The third kappa shape index (κ3) is 3.95. The number of anilines is 1. The Labute approximate surface area is 129 Å². The number of hydrogen-bond acceptors (Lipinski definition) is 4. The van der Waals surface area contributed by atoms with Crippen LogP contribution in [0.4, 0.5) is 5.69 Å². The Morgan fingerprint density at radius 1 is 1.14 bits per heavy atom. The summed E-state index contributed by atoms with van der Waals surface area (Å²) in [5.41, 5.74) is 1.83. The van der Waals surface area contributed by atoms with Crippen molar-refractivity contribution < 1.29 is 14.6 Å². The van der Waals surface area contributed by atoms with E-state index < -0.39 is 0 Å². The van der Waals surface area contributed by atoms with Crippen LogP contribution in [0, 0.1) is 0 Å². The smallest absolute Gasteiger partial charge is 0.160 e. The van der Waals surface area contributed by atoms with Crippen LogP contribution in [0.5, 0.6) is 17.2 Å². The average molecular weight is 308 g/mol. The number of phenolic OH excluding ortho intramolecular Hbond substituents is 1. The number of nitrogens with one attached hydrogen (secondary N) is 1. The Balaban J connectivity index is 2.02. The second-order valence-corrected chi connectivity index (χ2v) is 4.85. The molecule has 0 radical (unpaired) electrons. The van der Waals surface area contributed by atoms with Crippen molar-refractivity contribution in [3.63, 3.8) is 0 Å². The lowest BCUT2D eigenvalue weighted by atomic mass is 10.2. The number of ether oxygens (including phenoxy) is 2. The highest BCUT2D eigenvalue weighted by atomic mass is 35.5. The Hall–Kier alpha value is -2.07. The van der Waals surface area contributed by atoms with Gasteiger partial charge in [0.25, 0.3) is 0 Å². The second kappa shape index (κ2) is 7.09. The molecule has 2 aromatic rings. The van der Waals surface area contributed by atoms with Gasteiger partial charge in [0.15, 0.2) is 11.5 Å². The topological polar surface area (TPSA) is 50.7 Å². The van der Waals surface area contributed by atoms with Crippen LogP contribution in [0.25, 0.3) is 0 Å². The zero-order valence-corrected chi connectivity index (χ0v) is 12.8. The van der Waals surface area contributed by atoms with Crippen LogP contribution in [0.1, 0.15) is 12.5 Å². The highest BCUT2D eigenvalue weighted by Crippen LogP contribution is 2.29. The van der Waals surface area contributed by atoms with E-state index in [1.807, 2.05) is 31.2 Å².